The minimum absolute atomic E-state index is 0.326. The highest BCUT2D eigenvalue weighted by Crippen LogP contribution is 2.13. The Morgan fingerprint density at radius 1 is 0.871 bits per heavy atom. The van der Waals surface area contributed by atoms with Gasteiger partial charge in [-0.2, -0.15) is 0 Å². The van der Waals surface area contributed by atoms with Crippen LogP contribution in [0.25, 0.3) is 0 Å². The molecule has 1 N–H and O–H groups in total. The maximum Gasteiger partial charge on any atom is 0.295 e. The zero-order valence-corrected chi connectivity index (χ0v) is 17.6. The molecule has 5 heteroatoms. The van der Waals surface area contributed by atoms with Crippen LogP contribution < -0.4 is 5.56 Å². The van der Waals surface area contributed by atoms with E-state index in [1.54, 1.807) is 0 Å². The minimum Gasteiger partial charge on any atom is -0.502 e. The van der Waals surface area contributed by atoms with Crippen LogP contribution in [0.3, 0.4) is 0 Å². The van der Waals surface area contributed by atoms with Gasteiger partial charge in [0, 0.05) is 24.2 Å². The Hall–Kier alpha value is -3.36. The van der Waals surface area contributed by atoms with Crippen LogP contribution >= 0.6 is 0 Å². The molecule has 0 saturated carbocycles. The first kappa shape index (κ1) is 20.9. The fraction of sp³-hybridized carbons (Fsp3) is 0.308. The van der Waals surface area contributed by atoms with Crippen LogP contribution in [0.2, 0.25) is 0 Å². The second-order valence-corrected chi connectivity index (χ2v) is 8.01. The van der Waals surface area contributed by atoms with E-state index in [-0.39, 0.29) is 5.75 Å². The molecular formula is C26H27N3O2. The Morgan fingerprint density at radius 2 is 1.48 bits per heavy atom. The number of rotatable bonds is 5. The molecule has 5 nitrogen and oxygen atoms in total. The van der Waals surface area contributed by atoms with E-state index < -0.39 is 5.56 Å². The summed E-state index contributed by atoms with van der Waals surface area (Å²) in [5.41, 5.74) is 4.00. The number of piperidine rings is 1. The molecule has 1 aliphatic rings. The van der Waals surface area contributed by atoms with E-state index in [0.717, 1.165) is 29.4 Å². The molecule has 1 aromatic heterocycles. The van der Waals surface area contributed by atoms with Crippen molar-refractivity contribution in [2.75, 3.05) is 13.1 Å². The van der Waals surface area contributed by atoms with Gasteiger partial charge < -0.3 is 5.11 Å². The molecule has 1 fully saturated rings. The Labute approximate surface area is 183 Å². The molecule has 0 aliphatic carbocycles. The lowest BCUT2D eigenvalue weighted by atomic mass is 10.1. The van der Waals surface area contributed by atoms with Crippen molar-refractivity contribution in [3.63, 3.8) is 0 Å². The van der Waals surface area contributed by atoms with Crippen molar-refractivity contribution >= 4 is 0 Å². The predicted molar refractivity (Wildman–Crippen MR) is 122 cm³/mol. The van der Waals surface area contributed by atoms with Crippen molar-refractivity contribution in [3.8, 4) is 17.6 Å². The maximum atomic E-state index is 11.8. The maximum absolute atomic E-state index is 11.8. The molecule has 3 aromatic rings. The van der Waals surface area contributed by atoms with Crippen LogP contribution in [0, 0.1) is 11.8 Å². The first-order valence-corrected chi connectivity index (χ1v) is 10.8. The number of aromatic hydroxyl groups is 1. The van der Waals surface area contributed by atoms with Gasteiger partial charge in [0.05, 0.1) is 12.5 Å². The van der Waals surface area contributed by atoms with Crippen molar-refractivity contribution in [2.45, 2.75) is 38.8 Å². The normalized spacial score (nSPS) is 14.1. The summed E-state index contributed by atoms with van der Waals surface area (Å²) in [4.78, 5) is 18.2. The number of benzene rings is 2. The molecule has 0 bridgehead atoms. The molecular weight excluding hydrogens is 386 g/mol. The van der Waals surface area contributed by atoms with Gasteiger partial charge in [-0.25, -0.2) is 4.98 Å². The third-order valence-corrected chi connectivity index (χ3v) is 5.64. The largest absolute Gasteiger partial charge is 0.502 e. The van der Waals surface area contributed by atoms with Crippen molar-refractivity contribution in [1.29, 1.82) is 0 Å². The molecule has 0 amide bonds. The highest BCUT2D eigenvalue weighted by atomic mass is 16.3. The summed E-state index contributed by atoms with van der Waals surface area (Å²) in [6, 6.07) is 16.6. The van der Waals surface area contributed by atoms with Gasteiger partial charge in [-0.1, -0.05) is 42.5 Å². The standard InChI is InChI=1S/C26H27N3O2/c30-25-18-27-20-29(26(25)31)17-14-23-8-6-21(7-9-23)4-5-22-10-12-24(13-11-22)19-28-15-2-1-3-16-28/h6-13,18,20,30H,1-3,14-17,19H2. The number of hydrogen-bond acceptors (Lipinski definition) is 4. The Balaban J connectivity index is 1.33. The van der Waals surface area contributed by atoms with Crippen LogP contribution in [0.1, 0.15) is 41.5 Å². The molecule has 0 unspecified atom stereocenters. The van der Waals surface area contributed by atoms with Gasteiger partial charge in [0.15, 0.2) is 5.75 Å². The summed E-state index contributed by atoms with van der Waals surface area (Å²) < 4.78 is 1.41. The smallest absolute Gasteiger partial charge is 0.295 e. The number of hydrogen-bond donors (Lipinski definition) is 1. The van der Waals surface area contributed by atoms with E-state index in [1.807, 2.05) is 24.3 Å². The summed E-state index contributed by atoms with van der Waals surface area (Å²) in [5.74, 6) is 6.13. The molecule has 0 radical (unpaired) electrons. The zero-order chi connectivity index (χ0) is 21.5. The number of likely N-dealkylation sites (tertiary alicyclic amines) is 1. The van der Waals surface area contributed by atoms with E-state index >= 15 is 0 Å². The number of aryl methyl sites for hydroxylation is 2. The van der Waals surface area contributed by atoms with E-state index in [9.17, 15) is 9.90 Å². The summed E-state index contributed by atoms with van der Waals surface area (Å²) >= 11 is 0. The lowest BCUT2D eigenvalue weighted by Crippen LogP contribution is -2.29. The molecule has 1 saturated heterocycles. The van der Waals surface area contributed by atoms with E-state index in [4.69, 9.17) is 0 Å². The lowest BCUT2D eigenvalue weighted by Gasteiger charge is -2.26. The molecule has 4 rings (SSSR count). The van der Waals surface area contributed by atoms with Crippen molar-refractivity contribution in [1.82, 2.24) is 14.5 Å². The monoisotopic (exact) mass is 413 g/mol. The summed E-state index contributed by atoms with van der Waals surface area (Å²) in [6.07, 6.45) is 7.27. The minimum atomic E-state index is -0.417. The Kier molecular flexibility index (Phi) is 6.81. The molecule has 2 aromatic carbocycles. The van der Waals surface area contributed by atoms with Crippen LogP contribution in [0.4, 0.5) is 0 Å². The second kappa shape index (κ2) is 10.1. The first-order chi connectivity index (χ1) is 15.2. The fourth-order valence-electron chi connectivity index (χ4n) is 3.82. The van der Waals surface area contributed by atoms with Crippen molar-refractivity contribution in [2.24, 2.45) is 0 Å². The van der Waals surface area contributed by atoms with E-state index in [0.29, 0.717) is 13.0 Å². The van der Waals surface area contributed by atoms with Gasteiger partial charge in [0.2, 0.25) is 0 Å². The molecule has 2 heterocycles. The van der Waals surface area contributed by atoms with Crippen molar-refractivity contribution in [3.05, 3.63) is 93.7 Å². The predicted octanol–water partition coefficient (Wildman–Crippen LogP) is 3.58. The third kappa shape index (κ3) is 5.84. The second-order valence-electron chi connectivity index (χ2n) is 8.01. The van der Waals surface area contributed by atoms with Crippen LogP contribution in [-0.2, 0) is 19.5 Å². The van der Waals surface area contributed by atoms with E-state index in [2.05, 4.69) is 46.0 Å². The first-order valence-electron chi connectivity index (χ1n) is 10.8. The lowest BCUT2D eigenvalue weighted by molar-refractivity contribution is 0.221. The SMILES string of the molecule is O=c1c(O)cncn1CCc1ccc(C#Cc2ccc(CN3CCCCC3)cc2)cc1. The average Bonchev–Trinajstić information content (AvgIpc) is 2.81. The highest BCUT2D eigenvalue weighted by molar-refractivity contribution is 5.44. The van der Waals surface area contributed by atoms with Crippen molar-refractivity contribution < 1.29 is 5.11 Å². The average molecular weight is 414 g/mol. The Bertz CT molecular complexity index is 1120. The van der Waals surface area contributed by atoms with Gasteiger partial charge in [-0.05, 0) is 67.7 Å². The highest BCUT2D eigenvalue weighted by Gasteiger charge is 2.10. The van der Waals surface area contributed by atoms with Gasteiger partial charge >= 0.3 is 0 Å². The number of nitrogens with zero attached hydrogens (tertiary/aromatic N) is 3. The zero-order valence-electron chi connectivity index (χ0n) is 17.6. The van der Waals surface area contributed by atoms with Crippen LogP contribution in [0.15, 0.2) is 65.8 Å². The van der Waals surface area contributed by atoms with Gasteiger partial charge in [-0.15, -0.1) is 0 Å². The summed E-state index contributed by atoms with van der Waals surface area (Å²) in [5, 5.41) is 9.46. The van der Waals surface area contributed by atoms with Gasteiger partial charge in [0.25, 0.3) is 5.56 Å². The fourth-order valence-corrected chi connectivity index (χ4v) is 3.82. The number of aromatic nitrogens is 2. The quantitative estimate of drug-likeness (QED) is 0.650. The molecule has 158 valence electrons. The van der Waals surface area contributed by atoms with Crippen LogP contribution in [0.5, 0.6) is 5.75 Å². The summed E-state index contributed by atoms with van der Waals surface area (Å²) in [7, 11) is 0. The van der Waals surface area contributed by atoms with Crippen LogP contribution in [-0.4, -0.2) is 32.6 Å². The molecule has 0 spiro atoms. The molecule has 1 aliphatic heterocycles. The van der Waals surface area contributed by atoms with E-state index in [1.165, 1.54) is 48.8 Å². The molecule has 0 atom stereocenters. The van der Waals surface area contributed by atoms with Gasteiger partial charge in [-0.3, -0.25) is 14.3 Å². The Morgan fingerprint density at radius 3 is 2.13 bits per heavy atom. The summed E-state index contributed by atoms with van der Waals surface area (Å²) in [6.45, 7) is 3.91. The topological polar surface area (TPSA) is 58.4 Å². The van der Waals surface area contributed by atoms with Gasteiger partial charge in [0.1, 0.15) is 0 Å². The molecule has 31 heavy (non-hydrogen) atoms. The third-order valence-electron chi connectivity index (χ3n) is 5.64.